The fourth-order valence-corrected chi connectivity index (χ4v) is 4.52. The van der Waals surface area contributed by atoms with Gasteiger partial charge >= 0.3 is 0 Å². The van der Waals surface area contributed by atoms with Gasteiger partial charge in [-0.3, -0.25) is 4.79 Å². The predicted molar refractivity (Wildman–Crippen MR) is 60.9 cm³/mol. The van der Waals surface area contributed by atoms with E-state index < -0.39 is 0 Å². The SMILES string of the molecule is CC1CCC12C(C)C(=O)NC21CCOCC1. The first-order chi connectivity index (χ1) is 7.62. The van der Waals surface area contributed by atoms with Gasteiger partial charge in [-0.2, -0.15) is 0 Å². The van der Waals surface area contributed by atoms with E-state index in [4.69, 9.17) is 4.74 Å². The zero-order chi connectivity index (χ0) is 11.4. The zero-order valence-electron chi connectivity index (χ0n) is 10.2. The number of carbonyl (C=O) groups is 1. The lowest BCUT2D eigenvalue weighted by Gasteiger charge is -2.58. The number of nitrogens with one attached hydrogen (secondary N) is 1. The summed E-state index contributed by atoms with van der Waals surface area (Å²) in [6.07, 6.45) is 4.51. The molecule has 3 aliphatic rings. The summed E-state index contributed by atoms with van der Waals surface area (Å²) in [5, 5.41) is 3.32. The summed E-state index contributed by atoms with van der Waals surface area (Å²) >= 11 is 0. The Morgan fingerprint density at radius 1 is 1.25 bits per heavy atom. The minimum atomic E-state index is 0.0550. The van der Waals surface area contributed by atoms with E-state index >= 15 is 0 Å². The van der Waals surface area contributed by atoms with E-state index in [0.29, 0.717) is 5.92 Å². The van der Waals surface area contributed by atoms with Gasteiger partial charge in [0.1, 0.15) is 0 Å². The number of fused-ring (bicyclic) bond motifs is 1. The summed E-state index contributed by atoms with van der Waals surface area (Å²) in [5.41, 5.74) is 0.285. The second kappa shape index (κ2) is 3.22. The molecule has 0 aromatic rings. The van der Waals surface area contributed by atoms with Crippen molar-refractivity contribution in [1.29, 1.82) is 0 Å². The normalized spacial score (nSPS) is 45.8. The molecule has 3 heteroatoms. The van der Waals surface area contributed by atoms with Crippen LogP contribution in [0.4, 0.5) is 0 Å². The quantitative estimate of drug-likeness (QED) is 0.679. The van der Waals surface area contributed by atoms with Crippen molar-refractivity contribution in [2.24, 2.45) is 17.3 Å². The molecule has 0 bridgehead atoms. The van der Waals surface area contributed by atoms with Crippen LogP contribution in [0.1, 0.15) is 39.5 Å². The van der Waals surface area contributed by atoms with Crippen LogP contribution in [0.2, 0.25) is 0 Å². The third-order valence-corrected chi connectivity index (χ3v) is 5.64. The van der Waals surface area contributed by atoms with Gasteiger partial charge in [0.25, 0.3) is 0 Å². The Balaban J connectivity index is 2.00. The van der Waals surface area contributed by atoms with Gasteiger partial charge in [-0.1, -0.05) is 13.8 Å². The highest BCUT2D eigenvalue weighted by molar-refractivity contribution is 5.84. The van der Waals surface area contributed by atoms with Gasteiger partial charge in [-0.25, -0.2) is 0 Å². The second-order valence-electron chi connectivity index (χ2n) is 5.89. The van der Waals surface area contributed by atoms with Gasteiger partial charge in [0.2, 0.25) is 5.91 Å². The highest BCUT2D eigenvalue weighted by atomic mass is 16.5. The lowest BCUT2D eigenvalue weighted by Crippen LogP contribution is -2.62. The van der Waals surface area contributed by atoms with Crippen molar-refractivity contribution in [3.05, 3.63) is 0 Å². The highest BCUT2D eigenvalue weighted by Crippen LogP contribution is 2.63. The van der Waals surface area contributed by atoms with E-state index in [2.05, 4.69) is 19.2 Å². The Kier molecular flexibility index (Phi) is 2.13. The molecule has 2 aliphatic heterocycles. The molecule has 3 nitrogen and oxygen atoms in total. The molecule has 1 amide bonds. The van der Waals surface area contributed by atoms with Crippen LogP contribution in [-0.2, 0) is 9.53 Å². The molecule has 2 spiro atoms. The molecular weight excluding hydrogens is 202 g/mol. The van der Waals surface area contributed by atoms with Gasteiger partial charge < -0.3 is 10.1 Å². The first kappa shape index (κ1) is 10.6. The standard InChI is InChI=1S/C13H21NO2/c1-9-3-4-13(9)10(2)11(15)14-12(13)5-7-16-8-6-12/h9-10H,3-8H2,1-2H3,(H,14,15). The average molecular weight is 223 g/mol. The highest BCUT2D eigenvalue weighted by Gasteiger charge is 2.67. The van der Waals surface area contributed by atoms with Crippen LogP contribution in [0.15, 0.2) is 0 Å². The van der Waals surface area contributed by atoms with Crippen LogP contribution < -0.4 is 5.32 Å². The number of carbonyl (C=O) groups excluding carboxylic acids is 1. The van der Waals surface area contributed by atoms with Crippen molar-refractivity contribution in [2.45, 2.75) is 45.1 Å². The number of amides is 1. The Morgan fingerprint density at radius 2 is 1.94 bits per heavy atom. The smallest absolute Gasteiger partial charge is 0.223 e. The van der Waals surface area contributed by atoms with Crippen LogP contribution in [0.25, 0.3) is 0 Å². The fourth-order valence-electron chi connectivity index (χ4n) is 4.52. The zero-order valence-corrected chi connectivity index (χ0v) is 10.2. The van der Waals surface area contributed by atoms with E-state index in [9.17, 15) is 4.79 Å². The largest absolute Gasteiger partial charge is 0.381 e. The van der Waals surface area contributed by atoms with E-state index in [1.165, 1.54) is 12.8 Å². The molecule has 90 valence electrons. The van der Waals surface area contributed by atoms with E-state index in [1.807, 2.05) is 0 Å². The van der Waals surface area contributed by atoms with E-state index in [1.54, 1.807) is 0 Å². The molecule has 16 heavy (non-hydrogen) atoms. The van der Waals surface area contributed by atoms with Gasteiger partial charge in [0.05, 0.1) is 5.54 Å². The monoisotopic (exact) mass is 223 g/mol. The van der Waals surface area contributed by atoms with Crippen LogP contribution in [0.3, 0.4) is 0 Å². The molecule has 3 fully saturated rings. The molecule has 0 aromatic heterocycles. The Morgan fingerprint density at radius 3 is 2.44 bits per heavy atom. The molecular formula is C13H21NO2. The molecule has 2 heterocycles. The molecule has 3 atom stereocenters. The van der Waals surface area contributed by atoms with Crippen molar-refractivity contribution in [1.82, 2.24) is 5.32 Å². The van der Waals surface area contributed by atoms with Gasteiger partial charge in [0.15, 0.2) is 0 Å². The van der Waals surface area contributed by atoms with Crippen molar-refractivity contribution in [3.8, 4) is 0 Å². The fraction of sp³-hybridized carbons (Fsp3) is 0.923. The molecule has 3 unspecified atom stereocenters. The van der Waals surface area contributed by atoms with Gasteiger partial charge in [-0.15, -0.1) is 0 Å². The summed E-state index contributed by atoms with van der Waals surface area (Å²) < 4.78 is 5.47. The first-order valence-electron chi connectivity index (χ1n) is 6.52. The number of rotatable bonds is 0. The number of ether oxygens (including phenoxy) is 1. The Hall–Kier alpha value is -0.570. The summed E-state index contributed by atoms with van der Waals surface area (Å²) in [5.74, 6) is 1.14. The maximum Gasteiger partial charge on any atom is 0.223 e. The number of hydrogen-bond acceptors (Lipinski definition) is 2. The molecule has 0 radical (unpaired) electrons. The third kappa shape index (κ3) is 1.01. The van der Waals surface area contributed by atoms with Gasteiger partial charge in [0, 0.05) is 24.5 Å². The lowest BCUT2D eigenvalue weighted by molar-refractivity contribution is -0.126. The Bertz CT molecular complexity index is 322. The van der Waals surface area contributed by atoms with Crippen molar-refractivity contribution in [2.75, 3.05) is 13.2 Å². The van der Waals surface area contributed by atoms with Crippen molar-refractivity contribution in [3.63, 3.8) is 0 Å². The predicted octanol–water partition coefficient (Wildman–Crippen LogP) is 1.72. The van der Waals surface area contributed by atoms with Gasteiger partial charge in [-0.05, 0) is 31.6 Å². The van der Waals surface area contributed by atoms with Crippen LogP contribution in [0.5, 0.6) is 0 Å². The lowest BCUT2D eigenvalue weighted by atomic mass is 9.47. The third-order valence-electron chi connectivity index (χ3n) is 5.64. The first-order valence-corrected chi connectivity index (χ1v) is 6.52. The minimum absolute atomic E-state index is 0.0550. The summed E-state index contributed by atoms with van der Waals surface area (Å²) in [4.78, 5) is 12.0. The summed E-state index contributed by atoms with van der Waals surface area (Å²) in [6.45, 7) is 6.05. The van der Waals surface area contributed by atoms with E-state index in [0.717, 1.165) is 26.1 Å². The van der Waals surface area contributed by atoms with Crippen LogP contribution >= 0.6 is 0 Å². The molecule has 0 aromatic carbocycles. The maximum absolute atomic E-state index is 12.0. The molecule has 1 saturated carbocycles. The summed E-state index contributed by atoms with van der Waals surface area (Å²) in [7, 11) is 0. The Labute approximate surface area is 96.9 Å². The average Bonchev–Trinajstić information content (AvgIpc) is 2.49. The van der Waals surface area contributed by atoms with Crippen molar-refractivity contribution >= 4 is 5.91 Å². The van der Waals surface area contributed by atoms with E-state index in [-0.39, 0.29) is 22.8 Å². The molecule has 1 N–H and O–H groups in total. The second-order valence-corrected chi connectivity index (χ2v) is 5.89. The summed E-state index contributed by atoms with van der Waals surface area (Å²) in [6, 6.07) is 0. The molecule has 3 rings (SSSR count). The topological polar surface area (TPSA) is 38.3 Å². The minimum Gasteiger partial charge on any atom is -0.381 e. The number of hydrogen-bond donors (Lipinski definition) is 1. The molecule has 1 aliphatic carbocycles. The van der Waals surface area contributed by atoms with Crippen LogP contribution in [0, 0.1) is 17.3 Å². The molecule has 2 saturated heterocycles. The maximum atomic E-state index is 12.0. The van der Waals surface area contributed by atoms with Crippen molar-refractivity contribution < 1.29 is 9.53 Å². The van der Waals surface area contributed by atoms with Crippen LogP contribution in [-0.4, -0.2) is 24.7 Å².